The Bertz CT molecular complexity index is 320. The maximum Gasteiger partial charge on any atom is 0.243 e. The Morgan fingerprint density at radius 1 is 1.33 bits per heavy atom. The van der Waals surface area contributed by atoms with E-state index in [1.54, 1.807) is 6.08 Å². The molecule has 0 aromatic heterocycles. The highest BCUT2D eigenvalue weighted by Gasteiger charge is 1.92. The SMILES string of the molecule is NCCCNC(=O)/C=C\c1ccccc1. The number of benzene rings is 1. The fourth-order valence-corrected chi connectivity index (χ4v) is 1.11. The summed E-state index contributed by atoms with van der Waals surface area (Å²) in [6.45, 7) is 1.23. The van der Waals surface area contributed by atoms with Crippen molar-refractivity contribution in [2.45, 2.75) is 6.42 Å². The van der Waals surface area contributed by atoms with Gasteiger partial charge in [0.25, 0.3) is 0 Å². The first-order valence-corrected chi connectivity index (χ1v) is 5.04. The Balaban J connectivity index is 2.34. The molecule has 15 heavy (non-hydrogen) atoms. The lowest BCUT2D eigenvalue weighted by Gasteiger charge is -1.99. The van der Waals surface area contributed by atoms with E-state index in [-0.39, 0.29) is 5.91 Å². The van der Waals surface area contributed by atoms with Crippen molar-refractivity contribution in [3.8, 4) is 0 Å². The van der Waals surface area contributed by atoms with Gasteiger partial charge >= 0.3 is 0 Å². The average molecular weight is 204 g/mol. The molecule has 0 aliphatic rings. The molecule has 3 nitrogen and oxygen atoms in total. The van der Waals surface area contributed by atoms with Crippen LogP contribution in [0.5, 0.6) is 0 Å². The second-order valence-corrected chi connectivity index (χ2v) is 3.18. The van der Waals surface area contributed by atoms with Crippen LogP contribution in [0.1, 0.15) is 12.0 Å². The van der Waals surface area contributed by atoms with Gasteiger partial charge in [0.2, 0.25) is 5.91 Å². The molecule has 0 heterocycles. The van der Waals surface area contributed by atoms with Crippen molar-refractivity contribution in [1.82, 2.24) is 5.32 Å². The maximum atomic E-state index is 11.3. The van der Waals surface area contributed by atoms with Gasteiger partial charge in [-0.2, -0.15) is 0 Å². The highest BCUT2D eigenvalue weighted by atomic mass is 16.1. The summed E-state index contributed by atoms with van der Waals surface area (Å²) in [6, 6.07) is 9.71. The molecule has 0 bridgehead atoms. The van der Waals surface area contributed by atoms with Crippen molar-refractivity contribution >= 4 is 12.0 Å². The minimum absolute atomic E-state index is 0.0766. The second-order valence-electron chi connectivity index (χ2n) is 3.18. The summed E-state index contributed by atoms with van der Waals surface area (Å²) < 4.78 is 0. The van der Waals surface area contributed by atoms with E-state index in [1.165, 1.54) is 6.08 Å². The molecule has 1 aromatic carbocycles. The average Bonchev–Trinajstić information content (AvgIpc) is 2.28. The van der Waals surface area contributed by atoms with Crippen LogP contribution in [0.3, 0.4) is 0 Å². The van der Waals surface area contributed by atoms with Gasteiger partial charge < -0.3 is 11.1 Å². The minimum atomic E-state index is -0.0766. The summed E-state index contributed by atoms with van der Waals surface area (Å²) in [6.07, 6.45) is 4.13. The second kappa shape index (κ2) is 6.79. The fourth-order valence-electron chi connectivity index (χ4n) is 1.11. The van der Waals surface area contributed by atoms with E-state index < -0.39 is 0 Å². The van der Waals surface area contributed by atoms with Crippen molar-refractivity contribution in [2.24, 2.45) is 5.73 Å². The normalized spacial score (nSPS) is 10.5. The predicted octanol–water partition coefficient (Wildman–Crippen LogP) is 1.16. The molecule has 80 valence electrons. The summed E-state index contributed by atoms with van der Waals surface area (Å²) >= 11 is 0. The number of hydrogen-bond donors (Lipinski definition) is 2. The molecule has 3 heteroatoms. The van der Waals surface area contributed by atoms with E-state index in [2.05, 4.69) is 5.32 Å². The number of carbonyl (C=O) groups excluding carboxylic acids is 1. The highest BCUT2D eigenvalue weighted by molar-refractivity contribution is 5.91. The molecule has 0 fully saturated rings. The molecule has 0 unspecified atom stereocenters. The third kappa shape index (κ3) is 4.98. The van der Waals surface area contributed by atoms with E-state index in [0.29, 0.717) is 13.1 Å². The quantitative estimate of drug-likeness (QED) is 0.558. The molecule has 0 spiro atoms. The monoisotopic (exact) mass is 204 g/mol. The fraction of sp³-hybridized carbons (Fsp3) is 0.250. The molecule has 1 aromatic rings. The molecule has 0 saturated carbocycles. The lowest BCUT2D eigenvalue weighted by molar-refractivity contribution is -0.116. The van der Waals surface area contributed by atoms with Crippen LogP contribution in [0.4, 0.5) is 0 Å². The van der Waals surface area contributed by atoms with E-state index >= 15 is 0 Å². The molecule has 1 rings (SSSR count). The molecule has 0 saturated heterocycles. The number of carbonyl (C=O) groups is 1. The molecule has 0 radical (unpaired) electrons. The van der Waals surface area contributed by atoms with Crippen molar-refractivity contribution < 1.29 is 4.79 Å². The highest BCUT2D eigenvalue weighted by Crippen LogP contribution is 2.00. The molecular formula is C12H16N2O. The van der Waals surface area contributed by atoms with Crippen LogP contribution < -0.4 is 11.1 Å². The van der Waals surface area contributed by atoms with E-state index in [1.807, 2.05) is 30.3 Å². The summed E-state index contributed by atoms with van der Waals surface area (Å²) in [5.41, 5.74) is 6.33. The predicted molar refractivity (Wildman–Crippen MR) is 62.2 cm³/mol. The topological polar surface area (TPSA) is 55.1 Å². The zero-order chi connectivity index (χ0) is 10.9. The zero-order valence-electron chi connectivity index (χ0n) is 8.65. The van der Waals surface area contributed by atoms with Gasteiger partial charge in [0.05, 0.1) is 0 Å². The Kier molecular flexibility index (Phi) is 5.19. The minimum Gasteiger partial charge on any atom is -0.353 e. The third-order valence-electron chi connectivity index (χ3n) is 1.91. The van der Waals surface area contributed by atoms with Crippen molar-refractivity contribution in [3.63, 3.8) is 0 Å². The van der Waals surface area contributed by atoms with Crippen LogP contribution in [0.2, 0.25) is 0 Å². The standard InChI is InChI=1S/C12H16N2O/c13-9-4-10-14-12(15)8-7-11-5-2-1-3-6-11/h1-3,5-8H,4,9-10,13H2,(H,14,15)/b8-7-. The van der Waals surface area contributed by atoms with Crippen molar-refractivity contribution in [1.29, 1.82) is 0 Å². The lowest BCUT2D eigenvalue weighted by Crippen LogP contribution is -2.23. The molecule has 0 atom stereocenters. The summed E-state index contributed by atoms with van der Waals surface area (Å²) in [4.78, 5) is 11.3. The third-order valence-corrected chi connectivity index (χ3v) is 1.91. The Morgan fingerprint density at radius 2 is 2.07 bits per heavy atom. The van der Waals surface area contributed by atoms with Gasteiger partial charge in [-0.25, -0.2) is 0 Å². The number of hydrogen-bond acceptors (Lipinski definition) is 2. The molecular weight excluding hydrogens is 188 g/mol. The first-order valence-electron chi connectivity index (χ1n) is 5.04. The van der Waals surface area contributed by atoms with Crippen molar-refractivity contribution in [2.75, 3.05) is 13.1 Å². The van der Waals surface area contributed by atoms with E-state index in [4.69, 9.17) is 5.73 Å². The van der Waals surface area contributed by atoms with Gasteiger partial charge in [-0.15, -0.1) is 0 Å². The van der Waals surface area contributed by atoms with Crippen LogP contribution in [0, 0.1) is 0 Å². The molecule has 3 N–H and O–H groups in total. The zero-order valence-corrected chi connectivity index (χ0v) is 8.65. The van der Waals surface area contributed by atoms with Crippen LogP contribution in [0.15, 0.2) is 36.4 Å². The summed E-state index contributed by atoms with van der Waals surface area (Å²) in [7, 11) is 0. The maximum absolute atomic E-state index is 11.3. The van der Waals surface area contributed by atoms with Gasteiger partial charge in [-0.3, -0.25) is 4.79 Å². The molecule has 0 aliphatic heterocycles. The Labute approximate surface area is 90.0 Å². The number of amides is 1. The van der Waals surface area contributed by atoms with Crippen LogP contribution in [0.25, 0.3) is 6.08 Å². The van der Waals surface area contributed by atoms with Crippen molar-refractivity contribution in [3.05, 3.63) is 42.0 Å². The molecule has 1 amide bonds. The smallest absolute Gasteiger partial charge is 0.243 e. The number of rotatable bonds is 5. The summed E-state index contributed by atoms with van der Waals surface area (Å²) in [5, 5.41) is 2.75. The van der Waals surface area contributed by atoms with Crippen LogP contribution in [-0.2, 0) is 4.79 Å². The van der Waals surface area contributed by atoms with E-state index in [0.717, 1.165) is 12.0 Å². The number of nitrogens with one attached hydrogen (secondary N) is 1. The summed E-state index contributed by atoms with van der Waals surface area (Å²) in [5.74, 6) is -0.0766. The number of nitrogens with two attached hydrogens (primary N) is 1. The van der Waals surface area contributed by atoms with Gasteiger partial charge in [-0.1, -0.05) is 30.3 Å². The van der Waals surface area contributed by atoms with E-state index in [9.17, 15) is 4.79 Å². The van der Waals surface area contributed by atoms with Gasteiger partial charge in [0.15, 0.2) is 0 Å². The Hall–Kier alpha value is -1.61. The van der Waals surface area contributed by atoms with Gasteiger partial charge in [0, 0.05) is 12.6 Å². The van der Waals surface area contributed by atoms with Gasteiger partial charge in [-0.05, 0) is 24.6 Å². The first kappa shape index (κ1) is 11.5. The first-order chi connectivity index (χ1) is 7.33. The molecule has 0 aliphatic carbocycles. The van der Waals surface area contributed by atoms with Crippen LogP contribution >= 0.6 is 0 Å². The lowest BCUT2D eigenvalue weighted by atomic mass is 10.2. The van der Waals surface area contributed by atoms with Gasteiger partial charge in [0.1, 0.15) is 0 Å². The van der Waals surface area contributed by atoms with Crippen LogP contribution in [-0.4, -0.2) is 19.0 Å². The Morgan fingerprint density at radius 3 is 2.73 bits per heavy atom. The largest absolute Gasteiger partial charge is 0.353 e.